The second kappa shape index (κ2) is 4.39. The molecule has 0 atom stereocenters. The van der Waals surface area contributed by atoms with Crippen molar-refractivity contribution in [2.24, 2.45) is 5.84 Å². The molecule has 4 N–H and O–H groups in total. The number of nitrogen functional groups attached to an aromatic ring is 1. The van der Waals surface area contributed by atoms with E-state index >= 15 is 0 Å². The molecule has 0 saturated heterocycles. The summed E-state index contributed by atoms with van der Waals surface area (Å²) in [5.41, 5.74) is 2.26. The van der Waals surface area contributed by atoms with Crippen LogP contribution in [0, 0.1) is 0 Å². The van der Waals surface area contributed by atoms with Crippen LogP contribution in [0.3, 0.4) is 0 Å². The highest BCUT2D eigenvalue weighted by Crippen LogP contribution is 2.15. The molecule has 0 aliphatic carbocycles. The Bertz CT molecular complexity index is 595. The molecule has 0 aliphatic heterocycles. The van der Waals surface area contributed by atoms with Crippen LogP contribution in [0.15, 0.2) is 40.1 Å². The maximum absolute atomic E-state index is 11.9. The van der Waals surface area contributed by atoms with E-state index in [9.17, 15) is 8.42 Å². The standard InChI is InChI=1S/C8H9N5O3S/c9-11-8-5-6(1-3-10-8)17(14,15)13-7-2-4-16-12-7/h1-5H,9H2,(H,10,11)(H,12,13). The molecule has 0 amide bonds. The summed E-state index contributed by atoms with van der Waals surface area (Å²) < 4.78 is 30.5. The zero-order chi connectivity index (χ0) is 12.3. The fraction of sp³-hybridized carbons (Fsp3) is 0. The van der Waals surface area contributed by atoms with Crippen molar-refractivity contribution in [3.8, 4) is 0 Å². The quantitative estimate of drug-likeness (QED) is 0.525. The molecule has 8 nitrogen and oxygen atoms in total. The van der Waals surface area contributed by atoms with Gasteiger partial charge in [0, 0.05) is 18.3 Å². The summed E-state index contributed by atoms with van der Waals surface area (Å²) in [6.07, 6.45) is 2.59. The fourth-order valence-corrected chi connectivity index (χ4v) is 2.12. The molecule has 0 aromatic carbocycles. The Morgan fingerprint density at radius 2 is 2.12 bits per heavy atom. The Morgan fingerprint density at radius 1 is 1.29 bits per heavy atom. The lowest BCUT2D eigenvalue weighted by atomic mass is 10.5. The molecule has 2 aromatic rings. The van der Waals surface area contributed by atoms with Gasteiger partial charge in [0.15, 0.2) is 5.82 Å². The van der Waals surface area contributed by atoms with Crippen LogP contribution in [0.5, 0.6) is 0 Å². The summed E-state index contributed by atoms with van der Waals surface area (Å²) in [5.74, 6) is 5.49. The van der Waals surface area contributed by atoms with Crippen molar-refractivity contribution >= 4 is 21.7 Å². The van der Waals surface area contributed by atoms with Gasteiger partial charge in [-0.1, -0.05) is 5.16 Å². The largest absolute Gasteiger partial charge is 0.363 e. The second-order valence-electron chi connectivity index (χ2n) is 3.01. The molecule has 9 heteroatoms. The van der Waals surface area contributed by atoms with Gasteiger partial charge in [0.25, 0.3) is 10.0 Å². The molecule has 0 fully saturated rings. The number of hydrazine groups is 1. The second-order valence-corrected chi connectivity index (χ2v) is 4.69. The number of nitrogens with two attached hydrogens (primary N) is 1. The first-order valence-electron chi connectivity index (χ1n) is 4.48. The van der Waals surface area contributed by atoms with Crippen molar-refractivity contribution < 1.29 is 12.9 Å². The van der Waals surface area contributed by atoms with Crippen LogP contribution in [0.25, 0.3) is 0 Å². The van der Waals surface area contributed by atoms with E-state index in [0.717, 1.165) is 0 Å². The third-order valence-electron chi connectivity index (χ3n) is 1.87. The molecule has 0 unspecified atom stereocenters. The fourth-order valence-electron chi connectivity index (χ4n) is 1.12. The molecule has 2 aromatic heterocycles. The lowest BCUT2D eigenvalue weighted by molar-refractivity contribution is 0.423. The number of sulfonamides is 1. The number of rotatable bonds is 4. The zero-order valence-electron chi connectivity index (χ0n) is 8.49. The summed E-state index contributed by atoms with van der Waals surface area (Å²) in [5, 5.41) is 3.45. The van der Waals surface area contributed by atoms with Crippen molar-refractivity contribution in [1.82, 2.24) is 10.1 Å². The topological polar surface area (TPSA) is 123 Å². The first-order chi connectivity index (χ1) is 8.12. The minimum atomic E-state index is -3.72. The smallest absolute Gasteiger partial charge is 0.263 e. The summed E-state index contributed by atoms with van der Waals surface area (Å²) in [6, 6.07) is 4.02. The summed E-state index contributed by atoms with van der Waals surface area (Å²) >= 11 is 0. The molecule has 2 heterocycles. The minimum absolute atomic E-state index is 0.0171. The van der Waals surface area contributed by atoms with Gasteiger partial charge in [-0.25, -0.2) is 19.2 Å². The number of hydrogen-bond donors (Lipinski definition) is 3. The third kappa shape index (κ3) is 2.52. The zero-order valence-corrected chi connectivity index (χ0v) is 9.31. The Balaban J connectivity index is 2.31. The first kappa shape index (κ1) is 11.4. The molecule has 90 valence electrons. The third-order valence-corrected chi connectivity index (χ3v) is 3.22. The first-order valence-corrected chi connectivity index (χ1v) is 5.96. The highest BCUT2D eigenvalue weighted by Gasteiger charge is 2.16. The molecule has 0 spiro atoms. The van der Waals surface area contributed by atoms with Crippen LogP contribution < -0.4 is 16.0 Å². The predicted octanol–water partition coefficient (Wildman–Crippen LogP) is 0.156. The van der Waals surface area contributed by atoms with E-state index in [4.69, 9.17) is 5.84 Å². The number of nitrogens with one attached hydrogen (secondary N) is 2. The lowest BCUT2D eigenvalue weighted by Gasteiger charge is -2.05. The van der Waals surface area contributed by atoms with Crippen LogP contribution >= 0.6 is 0 Å². The van der Waals surface area contributed by atoms with E-state index in [2.05, 4.69) is 24.8 Å². The van der Waals surface area contributed by atoms with E-state index in [1.807, 2.05) is 0 Å². The van der Waals surface area contributed by atoms with Gasteiger partial charge in [0.1, 0.15) is 12.1 Å². The van der Waals surface area contributed by atoms with Crippen LogP contribution in [0.2, 0.25) is 0 Å². The highest BCUT2D eigenvalue weighted by molar-refractivity contribution is 7.92. The van der Waals surface area contributed by atoms with Gasteiger partial charge in [-0.2, -0.15) is 0 Å². The predicted molar refractivity (Wildman–Crippen MR) is 59.4 cm³/mol. The molecule has 0 radical (unpaired) electrons. The molecule has 17 heavy (non-hydrogen) atoms. The van der Waals surface area contributed by atoms with Crippen molar-refractivity contribution in [3.05, 3.63) is 30.7 Å². The maximum Gasteiger partial charge on any atom is 0.263 e. The van der Waals surface area contributed by atoms with Crippen LogP contribution in [-0.2, 0) is 10.0 Å². The summed E-state index contributed by atoms with van der Waals surface area (Å²) in [7, 11) is -3.72. The molecular formula is C8H9N5O3S. The van der Waals surface area contributed by atoms with E-state index in [0.29, 0.717) is 0 Å². The minimum Gasteiger partial charge on any atom is -0.363 e. The van der Waals surface area contributed by atoms with Crippen molar-refractivity contribution in [2.75, 3.05) is 10.1 Å². The van der Waals surface area contributed by atoms with Crippen LogP contribution in [-0.4, -0.2) is 18.6 Å². The van der Waals surface area contributed by atoms with Crippen molar-refractivity contribution in [3.63, 3.8) is 0 Å². The van der Waals surface area contributed by atoms with Gasteiger partial charge < -0.3 is 9.95 Å². The van der Waals surface area contributed by atoms with Crippen molar-refractivity contribution in [2.45, 2.75) is 4.90 Å². The molecule has 0 bridgehead atoms. The van der Waals surface area contributed by atoms with Gasteiger partial charge in [-0.15, -0.1) is 0 Å². The molecule has 0 aliphatic rings. The van der Waals surface area contributed by atoms with Crippen LogP contribution in [0.4, 0.5) is 11.6 Å². The number of anilines is 2. The average Bonchev–Trinajstić information content (AvgIpc) is 2.81. The number of hydrogen-bond acceptors (Lipinski definition) is 7. The maximum atomic E-state index is 11.9. The van der Waals surface area contributed by atoms with E-state index in [1.165, 1.54) is 30.7 Å². The van der Waals surface area contributed by atoms with Gasteiger partial charge in [-0.05, 0) is 6.07 Å². The number of nitrogens with zero attached hydrogens (tertiary/aromatic N) is 2. The lowest BCUT2D eigenvalue weighted by Crippen LogP contribution is -2.15. The summed E-state index contributed by atoms with van der Waals surface area (Å²) in [4.78, 5) is 3.82. The monoisotopic (exact) mass is 255 g/mol. The van der Waals surface area contributed by atoms with Crippen molar-refractivity contribution in [1.29, 1.82) is 0 Å². The SMILES string of the molecule is NNc1cc(S(=O)(=O)Nc2ccon2)ccn1. The molecule has 0 saturated carbocycles. The molecular weight excluding hydrogens is 246 g/mol. The molecule has 2 rings (SSSR count). The van der Waals surface area contributed by atoms with E-state index in [1.54, 1.807) is 0 Å². The normalized spacial score (nSPS) is 11.1. The van der Waals surface area contributed by atoms with E-state index < -0.39 is 10.0 Å². The van der Waals surface area contributed by atoms with E-state index in [-0.39, 0.29) is 16.5 Å². The number of aromatic nitrogens is 2. The van der Waals surface area contributed by atoms with Crippen LogP contribution in [0.1, 0.15) is 0 Å². The Hall–Kier alpha value is -2.13. The Kier molecular flexibility index (Phi) is 2.93. The Labute approximate surface area is 96.8 Å². The van der Waals surface area contributed by atoms with Gasteiger partial charge in [0.2, 0.25) is 0 Å². The number of pyridine rings is 1. The highest BCUT2D eigenvalue weighted by atomic mass is 32.2. The average molecular weight is 255 g/mol. The Morgan fingerprint density at radius 3 is 2.76 bits per heavy atom. The van der Waals surface area contributed by atoms with Gasteiger partial charge >= 0.3 is 0 Å². The summed E-state index contributed by atoms with van der Waals surface area (Å²) in [6.45, 7) is 0. The van der Waals surface area contributed by atoms with Gasteiger partial charge in [-0.3, -0.25) is 4.72 Å². The van der Waals surface area contributed by atoms with Gasteiger partial charge in [0.05, 0.1) is 4.90 Å².